The number of fused-ring (bicyclic) bond motifs is 1. The summed E-state index contributed by atoms with van der Waals surface area (Å²) in [5.41, 5.74) is 3.20. The van der Waals surface area contributed by atoms with E-state index in [-0.39, 0.29) is 29.9 Å². The first-order valence-corrected chi connectivity index (χ1v) is 14.0. The van der Waals surface area contributed by atoms with Gasteiger partial charge in [-0.3, -0.25) is 18.9 Å². The molecule has 1 aliphatic carbocycles. The fourth-order valence-electron chi connectivity index (χ4n) is 5.23. The molecule has 0 spiro atoms. The summed E-state index contributed by atoms with van der Waals surface area (Å²) in [4.78, 5) is 31.2. The molecular weight excluding hydrogens is 508 g/mol. The summed E-state index contributed by atoms with van der Waals surface area (Å²) in [6.45, 7) is 4.08. The molecule has 2 fully saturated rings. The van der Waals surface area contributed by atoms with Crippen LogP contribution in [0.4, 0.5) is 0 Å². The Morgan fingerprint density at radius 2 is 2.00 bits per heavy atom. The highest BCUT2D eigenvalue weighted by Gasteiger charge is 2.23. The highest BCUT2D eigenvalue weighted by Crippen LogP contribution is 2.42. The zero-order valence-electron chi connectivity index (χ0n) is 20.7. The Kier molecular flexibility index (Phi) is 6.65. The molecule has 0 unspecified atom stereocenters. The molecule has 1 atom stereocenters. The van der Waals surface area contributed by atoms with Gasteiger partial charge in [-0.2, -0.15) is 0 Å². The Balaban J connectivity index is 1.40. The molecule has 6 rings (SSSR count). The molecule has 9 heteroatoms. The van der Waals surface area contributed by atoms with Crippen molar-refractivity contribution in [2.45, 2.75) is 57.7 Å². The summed E-state index contributed by atoms with van der Waals surface area (Å²) < 4.78 is 10.6. The minimum absolute atomic E-state index is 0.103. The fourth-order valence-corrected chi connectivity index (χ4v) is 6.63. The van der Waals surface area contributed by atoms with Crippen LogP contribution < -0.4 is 21.3 Å². The molecule has 192 valence electrons. The number of nitrogens with zero attached hydrogens (tertiary/aromatic N) is 3. The van der Waals surface area contributed by atoms with Crippen LogP contribution in [0.5, 0.6) is 5.75 Å². The zero-order valence-corrected chi connectivity index (χ0v) is 22.3. The van der Waals surface area contributed by atoms with Crippen LogP contribution in [0.3, 0.4) is 0 Å². The normalized spacial score (nSPS) is 18.2. The van der Waals surface area contributed by atoms with Gasteiger partial charge in [-0.25, -0.2) is 4.79 Å². The van der Waals surface area contributed by atoms with E-state index in [0.717, 1.165) is 82.7 Å². The van der Waals surface area contributed by atoms with Gasteiger partial charge in [-0.15, -0.1) is 11.3 Å². The van der Waals surface area contributed by atoms with Crippen molar-refractivity contribution in [1.29, 1.82) is 0 Å². The summed E-state index contributed by atoms with van der Waals surface area (Å²) in [5, 5.41) is 4.06. The lowest BCUT2D eigenvalue weighted by Gasteiger charge is -2.27. The highest BCUT2D eigenvalue weighted by atomic mass is 35.5. The summed E-state index contributed by atoms with van der Waals surface area (Å²) in [6, 6.07) is 9.53. The van der Waals surface area contributed by atoms with E-state index in [4.69, 9.17) is 16.3 Å². The number of hydrogen-bond donors (Lipinski definition) is 1. The predicted molar refractivity (Wildman–Crippen MR) is 148 cm³/mol. The Morgan fingerprint density at radius 1 is 1.14 bits per heavy atom. The SMILES string of the molecule is Cc1cc(Cl)cc(-c2ccnc3cc(Cn4c(=O)ccn(C5CCC5)c4=O)sc23)c1O[C@H]1CCCNC1. The van der Waals surface area contributed by atoms with Crippen molar-refractivity contribution in [1.82, 2.24) is 19.4 Å². The number of piperidine rings is 1. The summed E-state index contributed by atoms with van der Waals surface area (Å²) >= 11 is 8.07. The van der Waals surface area contributed by atoms with E-state index in [1.807, 2.05) is 31.2 Å². The summed E-state index contributed by atoms with van der Waals surface area (Å²) in [5.74, 6) is 0.836. The van der Waals surface area contributed by atoms with E-state index in [9.17, 15) is 9.59 Å². The number of benzene rings is 1. The molecule has 0 bridgehead atoms. The molecule has 4 aromatic rings. The van der Waals surface area contributed by atoms with Crippen molar-refractivity contribution in [2.24, 2.45) is 0 Å². The Labute approximate surface area is 223 Å². The van der Waals surface area contributed by atoms with Crippen LogP contribution in [0.15, 0.2) is 52.3 Å². The van der Waals surface area contributed by atoms with E-state index in [0.29, 0.717) is 5.02 Å². The lowest BCUT2D eigenvalue weighted by molar-refractivity contribution is 0.167. The number of halogens is 1. The molecule has 3 aromatic heterocycles. The van der Waals surface area contributed by atoms with E-state index >= 15 is 0 Å². The van der Waals surface area contributed by atoms with Crippen LogP contribution in [-0.2, 0) is 6.54 Å². The van der Waals surface area contributed by atoms with Crippen molar-refractivity contribution < 1.29 is 4.74 Å². The zero-order chi connectivity index (χ0) is 25.5. The van der Waals surface area contributed by atoms with Gasteiger partial charge in [0.1, 0.15) is 11.9 Å². The Bertz CT molecular complexity index is 1580. The topological polar surface area (TPSA) is 78.2 Å². The monoisotopic (exact) mass is 536 g/mol. The number of ether oxygens (including phenoxy) is 1. The van der Waals surface area contributed by atoms with Gasteiger partial charge in [-0.05, 0) is 75.4 Å². The largest absolute Gasteiger partial charge is 0.488 e. The second-order valence-corrected chi connectivity index (χ2v) is 11.6. The highest BCUT2D eigenvalue weighted by molar-refractivity contribution is 7.19. The minimum Gasteiger partial charge on any atom is -0.488 e. The van der Waals surface area contributed by atoms with Gasteiger partial charge in [0.15, 0.2) is 0 Å². The molecule has 1 aromatic carbocycles. The molecule has 0 radical (unpaired) electrons. The van der Waals surface area contributed by atoms with E-state index in [2.05, 4.69) is 10.3 Å². The fraction of sp³-hybridized carbons (Fsp3) is 0.393. The molecule has 2 aliphatic rings. The van der Waals surface area contributed by atoms with Crippen LogP contribution in [0.25, 0.3) is 21.3 Å². The van der Waals surface area contributed by atoms with E-state index < -0.39 is 0 Å². The van der Waals surface area contributed by atoms with Gasteiger partial charge in [0.05, 0.1) is 16.8 Å². The van der Waals surface area contributed by atoms with Gasteiger partial charge in [-0.1, -0.05) is 11.6 Å². The van der Waals surface area contributed by atoms with Crippen LogP contribution >= 0.6 is 22.9 Å². The molecule has 0 amide bonds. The number of pyridine rings is 1. The van der Waals surface area contributed by atoms with Crippen molar-refractivity contribution in [2.75, 3.05) is 13.1 Å². The van der Waals surface area contributed by atoms with E-state index in [1.165, 1.54) is 10.6 Å². The molecule has 37 heavy (non-hydrogen) atoms. The molecule has 7 nitrogen and oxygen atoms in total. The van der Waals surface area contributed by atoms with E-state index in [1.54, 1.807) is 28.3 Å². The maximum Gasteiger partial charge on any atom is 0.331 e. The van der Waals surface area contributed by atoms with Crippen LogP contribution in [0, 0.1) is 6.92 Å². The Hall–Kier alpha value is -2.94. The number of hydrogen-bond acceptors (Lipinski definition) is 6. The molecule has 1 saturated carbocycles. The minimum atomic E-state index is -0.284. The summed E-state index contributed by atoms with van der Waals surface area (Å²) in [7, 11) is 0. The number of aromatic nitrogens is 3. The predicted octanol–water partition coefficient (Wildman–Crippen LogP) is 5.15. The Morgan fingerprint density at radius 3 is 2.76 bits per heavy atom. The maximum absolute atomic E-state index is 13.1. The van der Waals surface area contributed by atoms with Crippen LogP contribution in [-0.4, -0.2) is 33.3 Å². The van der Waals surface area contributed by atoms with Gasteiger partial charge >= 0.3 is 5.69 Å². The molecule has 4 heterocycles. The second kappa shape index (κ2) is 10.1. The van der Waals surface area contributed by atoms with Crippen molar-refractivity contribution in [3.8, 4) is 16.9 Å². The van der Waals surface area contributed by atoms with Crippen molar-refractivity contribution in [3.63, 3.8) is 0 Å². The first-order valence-electron chi connectivity index (χ1n) is 12.9. The molecule has 1 saturated heterocycles. The summed E-state index contributed by atoms with van der Waals surface area (Å²) in [6.07, 6.45) is 8.70. The van der Waals surface area contributed by atoms with Gasteiger partial charge in [0.2, 0.25) is 0 Å². The number of nitrogens with one attached hydrogen (secondary N) is 1. The third kappa shape index (κ3) is 4.74. The third-order valence-electron chi connectivity index (χ3n) is 7.41. The maximum atomic E-state index is 13.1. The lowest BCUT2D eigenvalue weighted by Crippen LogP contribution is -2.41. The molecule has 1 N–H and O–H groups in total. The average Bonchev–Trinajstić information content (AvgIpc) is 3.27. The smallest absolute Gasteiger partial charge is 0.331 e. The first kappa shape index (κ1) is 24.4. The van der Waals surface area contributed by atoms with Crippen LogP contribution in [0.2, 0.25) is 5.02 Å². The van der Waals surface area contributed by atoms with Crippen LogP contribution in [0.1, 0.15) is 48.6 Å². The quantitative estimate of drug-likeness (QED) is 0.368. The molecular formula is C28H29ClN4O3S. The number of rotatable bonds is 6. The first-order chi connectivity index (χ1) is 18.0. The van der Waals surface area contributed by atoms with Gasteiger partial charge in [0, 0.05) is 52.1 Å². The third-order valence-corrected chi connectivity index (χ3v) is 8.77. The lowest BCUT2D eigenvalue weighted by atomic mass is 9.93. The van der Waals surface area contributed by atoms with Crippen molar-refractivity contribution in [3.05, 3.63) is 79.0 Å². The second-order valence-electron chi connectivity index (χ2n) is 9.99. The standard InChI is InChI=1S/C28H29ClN4O3S/c1-17-12-18(29)13-23(26(17)36-20-6-3-9-30-15-20)22-7-10-31-24-14-21(37-27(22)24)16-33-25(34)8-11-32(28(33)35)19-4-2-5-19/h7-8,10-14,19-20,30H,2-6,9,15-16H2,1H3/t20-/m0/s1. The number of aryl methyl sites for hydroxylation is 1. The average molecular weight is 537 g/mol. The van der Waals surface area contributed by atoms with Gasteiger partial charge in [0.25, 0.3) is 5.56 Å². The van der Waals surface area contributed by atoms with Crippen molar-refractivity contribution >= 4 is 33.2 Å². The molecule has 1 aliphatic heterocycles. The number of thiophene rings is 1. The van der Waals surface area contributed by atoms with Gasteiger partial charge < -0.3 is 10.1 Å².